The Kier molecular flexibility index (Phi) is 4.03. The lowest BCUT2D eigenvalue weighted by atomic mass is 9.83. The number of rotatable bonds is 3. The second kappa shape index (κ2) is 5.60. The van der Waals surface area contributed by atoms with Gasteiger partial charge in [-0.2, -0.15) is 0 Å². The van der Waals surface area contributed by atoms with E-state index in [0.29, 0.717) is 11.4 Å². The van der Waals surface area contributed by atoms with E-state index in [0.717, 1.165) is 16.7 Å². The van der Waals surface area contributed by atoms with Gasteiger partial charge in [-0.3, -0.25) is 4.79 Å². The zero-order valence-electron chi connectivity index (χ0n) is 13.0. The van der Waals surface area contributed by atoms with Crippen LogP contribution in [0.4, 0.5) is 11.4 Å². The van der Waals surface area contributed by atoms with Crippen LogP contribution in [0.15, 0.2) is 42.5 Å². The monoisotopic (exact) mass is 282 g/mol. The molecule has 0 heterocycles. The van der Waals surface area contributed by atoms with Gasteiger partial charge in [-0.05, 0) is 56.5 Å². The van der Waals surface area contributed by atoms with Crippen molar-refractivity contribution in [3.63, 3.8) is 0 Å². The van der Waals surface area contributed by atoms with E-state index in [-0.39, 0.29) is 5.91 Å². The molecule has 110 valence electrons. The van der Waals surface area contributed by atoms with Crippen molar-refractivity contribution >= 4 is 17.3 Å². The molecule has 0 aliphatic heterocycles. The van der Waals surface area contributed by atoms with Crippen LogP contribution in [-0.4, -0.2) is 5.91 Å². The average Bonchev–Trinajstić information content (AvgIpc) is 2.45. The second-order valence-electron chi connectivity index (χ2n) is 5.97. The van der Waals surface area contributed by atoms with Gasteiger partial charge in [0, 0.05) is 0 Å². The molecule has 0 bridgehead atoms. The van der Waals surface area contributed by atoms with Crippen LogP contribution in [-0.2, 0) is 10.2 Å². The lowest BCUT2D eigenvalue weighted by molar-refractivity contribution is -0.120. The molecule has 0 aromatic heterocycles. The number of nitrogens with one attached hydrogen (secondary N) is 1. The van der Waals surface area contributed by atoms with Crippen molar-refractivity contribution in [3.8, 4) is 0 Å². The molecule has 0 spiro atoms. The molecule has 2 aromatic rings. The van der Waals surface area contributed by atoms with Crippen molar-refractivity contribution in [3.05, 3.63) is 59.2 Å². The lowest BCUT2D eigenvalue weighted by Crippen LogP contribution is -2.34. The van der Waals surface area contributed by atoms with Crippen LogP contribution in [0.5, 0.6) is 0 Å². The molecule has 0 saturated heterocycles. The van der Waals surface area contributed by atoms with E-state index in [1.54, 1.807) is 0 Å². The van der Waals surface area contributed by atoms with Crippen molar-refractivity contribution in [2.24, 2.45) is 0 Å². The molecule has 0 radical (unpaired) electrons. The van der Waals surface area contributed by atoms with Crippen LogP contribution in [0.2, 0.25) is 0 Å². The topological polar surface area (TPSA) is 55.1 Å². The highest BCUT2D eigenvalue weighted by Crippen LogP contribution is 2.28. The number of nitrogens with two attached hydrogens (primary N) is 1. The van der Waals surface area contributed by atoms with Crippen molar-refractivity contribution < 1.29 is 4.79 Å². The molecule has 2 rings (SSSR count). The summed E-state index contributed by atoms with van der Waals surface area (Å²) in [6.45, 7) is 7.84. The van der Waals surface area contributed by atoms with Gasteiger partial charge in [0.05, 0.1) is 16.8 Å². The third-order valence-corrected chi connectivity index (χ3v) is 3.98. The Morgan fingerprint density at radius 2 is 1.62 bits per heavy atom. The number of aryl methyl sites for hydroxylation is 2. The Balaban J connectivity index is 2.28. The first-order chi connectivity index (χ1) is 9.82. The molecule has 0 saturated carbocycles. The van der Waals surface area contributed by atoms with Crippen LogP contribution in [0.25, 0.3) is 0 Å². The quantitative estimate of drug-likeness (QED) is 0.841. The first-order valence-electron chi connectivity index (χ1n) is 7.06. The number of carbonyl (C=O) groups excluding carboxylic acids is 1. The van der Waals surface area contributed by atoms with Crippen LogP contribution in [0.1, 0.15) is 30.5 Å². The molecule has 0 aliphatic carbocycles. The largest absolute Gasteiger partial charge is 0.397 e. The van der Waals surface area contributed by atoms with Gasteiger partial charge in [0.1, 0.15) is 0 Å². The average molecular weight is 282 g/mol. The van der Waals surface area contributed by atoms with Crippen LogP contribution in [0.3, 0.4) is 0 Å². The maximum absolute atomic E-state index is 12.6. The van der Waals surface area contributed by atoms with Gasteiger partial charge in [0.25, 0.3) is 0 Å². The Labute approximate surface area is 126 Å². The highest BCUT2D eigenvalue weighted by molar-refractivity contribution is 6.00. The van der Waals surface area contributed by atoms with E-state index < -0.39 is 5.41 Å². The third kappa shape index (κ3) is 3.07. The fraction of sp³-hybridized carbons (Fsp3) is 0.278. The Morgan fingerprint density at radius 3 is 2.24 bits per heavy atom. The minimum absolute atomic E-state index is 0.0661. The summed E-state index contributed by atoms with van der Waals surface area (Å²) < 4.78 is 0. The summed E-state index contributed by atoms with van der Waals surface area (Å²) in [4.78, 5) is 12.6. The molecule has 3 nitrogen and oxygen atoms in total. The predicted molar refractivity (Wildman–Crippen MR) is 88.4 cm³/mol. The summed E-state index contributed by atoms with van der Waals surface area (Å²) in [5, 5.41) is 2.95. The molecule has 2 aromatic carbocycles. The van der Waals surface area contributed by atoms with Crippen molar-refractivity contribution in [2.45, 2.75) is 33.1 Å². The molecule has 0 unspecified atom stereocenters. The molecule has 1 amide bonds. The minimum Gasteiger partial charge on any atom is -0.397 e. The second-order valence-corrected chi connectivity index (χ2v) is 5.97. The predicted octanol–water partition coefficient (Wildman–Crippen LogP) is 3.80. The highest BCUT2D eigenvalue weighted by atomic mass is 16.2. The van der Waals surface area contributed by atoms with Gasteiger partial charge < -0.3 is 11.1 Å². The van der Waals surface area contributed by atoms with E-state index >= 15 is 0 Å². The van der Waals surface area contributed by atoms with Gasteiger partial charge in [-0.1, -0.05) is 30.3 Å². The molecular formula is C18H22N2O. The molecule has 21 heavy (non-hydrogen) atoms. The number of benzene rings is 2. The summed E-state index contributed by atoms with van der Waals surface area (Å²) in [6.07, 6.45) is 0. The summed E-state index contributed by atoms with van der Waals surface area (Å²) in [6, 6.07) is 13.6. The fourth-order valence-electron chi connectivity index (χ4n) is 2.21. The Hall–Kier alpha value is -2.29. The van der Waals surface area contributed by atoms with E-state index in [4.69, 9.17) is 5.73 Å². The third-order valence-electron chi connectivity index (χ3n) is 3.98. The number of nitrogen functional groups attached to an aromatic ring is 1. The highest BCUT2D eigenvalue weighted by Gasteiger charge is 2.30. The van der Waals surface area contributed by atoms with Gasteiger partial charge in [-0.15, -0.1) is 0 Å². The van der Waals surface area contributed by atoms with E-state index in [2.05, 4.69) is 5.32 Å². The van der Waals surface area contributed by atoms with Gasteiger partial charge in [0.15, 0.2) is 0 Å². The van der Waals surface area contributed by atoms with Crippen LogP contribution in [0, 0.1) is 13.8 Å². The summed E-state index contributed by atoms with van der Waals surface area (Å²) in [7, 11) is 0. The Morgan fingerprint density at radius 1 is 1.05 bits per heavy atom. The number of hydrogen-bond donors (Lipinski definition) is 2. The van der Waals surface area contributed by atoms with Crippen molar-refractivity contribution in [2.75, 3.05) is 11.1 Å². The maximum Gasteiger partial charge on any atom is 0.234 e. The van der Waals surface area contributed by atoms with Gasteiger partial charge >= 0.3 is 0 Å². The van der Waals surface area contributed by atoms with Crippen LogP contribution < -0.4 is 11.1 Å². The van der Waals surface area contributed by atoms with E-state index in [1.807, 2.05) is 70.2 Å². The number of amides is 1. The molecule has 3 N–H and O–H groups in total. The smallest absolute Gasteiger partial charge is 0.234 e. The first-order valence-corrected chi connectivity index (χ1v) is 7.06. The van der Waals surface area contributed by atoms with E-state index in [9.17, 15) is 4.79 Å². The first kappa shape index (κ1) is 15.1. The fourth-order valence-corrected chi connectivity index (χ4v) is 2.21. The molecular weight excluding hydrogens is 260 g/mol. The Bertz CT molecular complexity index is 660. The van der Waals surface area contributed by atoms with Crippen LogP contribution >= 0.6 is 0 Å². The molecule has 0 atom stereocenters. The van der Waals surface area contributed by atoms with Gasteiger partial charge in [-0.25, -0.2) is 0 Å². The lowest BCUT2D eigenvalue weighted by Gasteiger charge is -2.25. The van der Waals surface area contributed by atoms with Crippen molar-refractivity contribution in [1.82, 2.24) is 0 Å². The van der Waals surface area contributed by atoms with Crippen molar-refractivity contribution in [1.29, 1.82) is 0 Å². The number of carbonyl (C=O) groups is 1. The van der Waals surface area contributed by atoms with E-state index in [1.165, 1.54) is 0 Å². The maximum atomic E-state index is 12.6. The molecule has 3 heteroatoms. The molecule has 0 fully saturated rings. The summed E-state index contributed by atoms with van der Waals surface area (Å²) in [5.41, 5.74) is 9.86. The standard InChI is InChI=1S/C18H22N2O/c1-12-10-15(19)16(11-13(12)2)20-17(21)18(3,4)14-8-6-5-7-9-14/h5-11H,19H2,1-4H3,(H,20,21). The minimum atomic E-state index is -0.619. The summed E-state index contributed by atoms with van der Waals surface area (Å²) >= 11 is 0. The SMILES string of the molecule is Cc1cc(N)c(NC(=O)C(C)(C)c2ccccc2)cc1C. The zero-order valence-corrected chi connectivity index (χ0v) is 13.0. The zero-order chi connectivity index (χ0) is 15.6. The van der Waals surface area contributed by atoms with Gasteiger partial charge in [0.2, 0.25) is 5.91 Å². The summed E-state index contributed by atoms with van der Waals surface area (Å²) in [5.74, 6) is -0.0661. The number of hydrogen-bond acceptors (Lipinski definition) is 2. The number of anilines is 2. The normalized spacial score (nSPS) is 11.2. The molecule has 0 aliphatic rings.